The number of aryl methyl sites for hydroxylation is 3. The van der Waals surface area contributed by atoms with Gasteiger partial charge in [-0.2, -0.15) is 0 Å². The van der Waals surface area contributed by atoms with Crippen molar-refractivity contribution in [1.29, 1.82) is 0 Å². The summed E-state index contributed by atoms with van der Waals surface area (Å²) in [5.41, 5.74) is 4.27. The average Bonchev–Trinajstić information content (AvgIpc) is 2.68. The van der Waals surface area contributed by atoms with Crippen molar-refractivity contribution >= 4 is 33.0 Å². The van der Waals surface area contributed by atoms with Crippen LogP contribution in [-0.2, 0) is 25.8 Å². The molecule has 1 aliphatic rings. The van der Waals surface area contributed by atoms with Crippen molar-refractivity contribution in [3.63, 3.8) is 0 Å². The van der Waals surface area contributed by atoms with E-state index in [1.54, 1.807) is 17.0 Å². The number of rotatable bonds is 5. The minimum absolute atomic E-state index is 0.0512. The van der Waals surface area contributed by atoms with E-state index in [0.717, 1.165) is 35.2 Å². The third-order valence-electron chi connectivity index (χ3n) is 5.17. The van der Waals surface area contributed by atoms with Gasteiger partial charge in [-0.3, -0.25) is 9.59 Å². The van der Waals surface area contributed by atoms with E-state index in [9.17, 15) is 18.0 Å². The maximum absolute atomic E-state index is 12.8. The van der Waals surface area contributed by atoms with Crippen molar-refractivity contribution in [3.05, 3.63) is 53.1 Å². The van der Waals surface area contributed by atoms with Crippen LogP contribution in [-0.4, -0.2) is 32.5 Å². The summed E-state index contributed by atoms with van der Waals surface area (Å²) in [4.78, 5) is 25.9. The molecule has 1 aliphatic heterocycles. The fourth-order valence-electron chi connectivity index (χ4n) is 3.52. The maximum atomic E-state index is 12.8. The molecule has 0 radical (unpaired) electrons. The van der Waals surface area contributed by atoms with Gasteiger partial charge in [0.05, 0.1) is 10.6 Å². The zero-order chi connectivity index (χ0) is 21.2. The fraction of sp³-hybridized carbons (Fsp3) is 0.364. The summed E-state index contributed by atoms with van der Waals surface area (Å²) in [6, 6.07) is 10.6. The van der Waals surface area contributed by atoms with E-state index in [-0.39, 0.29) is 28.9 Å². The normalized spacial score (nSPS) is 13.7. The third-order valence-corrected chi connectivity index (χ3v) is 6.89. The van der Waals surface area contributed by atoms with Crippen LogP contribution >= 0.6 is 0 Å². The van der Waals surface area contributed by atoms with Crippen LogP contribution in [0.15, 0.2) is 41.3 Å². The fourth-order valence-corrected chi connectivity index (χ4v) is 4.81. The van der Waals surface area contributed by atoms with Gasteiger partial charge in [-0.1, -0.05) is 12.1 Å². The molecule has 0 saturated heterocycles. The van der Waals surface area contributed by atoms with Crippen molar-refractivity contribution in [1.82, 2.24) is 0 Å². The zero-order valence-electron chi connectivity index (χ0n) is 17.0. The molecule has 0 fully saturated rings. The van der Waals surface area contributed by atoms with Gasteiger partial charge in [0.1, 0.15) is 0 Å². The highest BCUT2D eigenvalue weighted by molar-refractivity contribution is 7.91. The quantitative estimate of drug-likeness (QED) is 0.813. The van der Waals surface area contributed by atoms with Crippen LogP contribution < -0.4 is 10.2 Å². The van der Waals surface area contributed by atoms with E-state index in [1.807, 2.05) is 32.0 Å². The number of fused-ring (bicyclic) bond motifs is 1. The first-order valence-corrected chi connectivity index (χ1v) is 11.3. The molecule has 0 unspecified atom stereocenters. The summed E-state index contributed by atoms with van der Waals surface area (Å²) in [5.74, 6) is -0.647. The van der Waals surface area contributed by atoms with E-state index in [1.165, 1.54) is 13.0 Å². The van der Waals surface area contributed by atoms with E-state index in [2.05, 4.69) is 5.32 Å². The second-order valence-corrected chi connectivity index (χ2v) is 9.61. The first kappa shape index (κ1) is 21.0. The molecule has 1 N–H and O–H groups in total. The van der Waals surface area contributed by atoms with Crippen molar-refractivity contribution in [2.75, 3.05) is 22.5 Å². The summed E-state index contributed by atoms with van der Waals surface area (Å²) < 4.78 is 25.5. The Bertz CT molecular complexity index is 1060. The minimum atomic E-state index is -3.60. The monoisotopic (exact) mass is 414 g/mol. The lowest BCUT2D eigenvalue weighted by molar-refractivity contribution is -0.117. The molecular formula is C22H26N2O4S. The zero-order valence-corrected chi connectivity index (χ0v) is 17.8. The van der Waals surface area contributed by atoms with Crippen LogP contribution in [0, 0.1) is 13.8 Å². The van der Waals surface area contributed by atoms with Gasteiger partial charge in [0.25, 0.3) is 0 Å². The van der Waals surface area contributed by atoms with Gasteiger partial charge in [0.15, 0.2) is 9.84 Å². The van der Waals surface area contributed by atoms with Crippen molar-refractivity contribution in [3.8, 4) is 0 Å². The third kappa shape index (κ3) is 4.85. The molecule has 3 rings (SSSR count). The Morgan fingerprint density at radius 2 is 1.86 bits per heavy atom. The highest BCUT2D eigenvalue weighted by atomic mass is 32.2. The number of carbonyl (C=O) groups is 2. The summed E-state index contributed by atoms with van der Waals surface area (Å²) in [6.45, 7) is 5.98. The number of carbonyl (C=O) groups excluding carboxylic acids is 2. The lowest BCUT2D eigenvalue weighted by Gasteiger charge is -2.28. The van der Waals surface area contributed by atoms with Gasteiger partial charge in [-0.15, -0.1) is 0 Å². The van der Waals surface area contributed by atoms with E-state index in [0.29, 0.717) is 12.2 Å². The lowest BCUT2D eigenvalue weighted by atomic mass is 10.0. The molecule has 1 heterocycles. The first-order chi connectivity index (χ1) is 13.7. The molecule has 2 aromatic rings. The standard InChI is InChI=1S/C22H26N2O4S/c1-15-6-7-16(2)20(13-15)23-22(26)10-12-29(27,28)19-8-9-21-18(14-19)5-4-11-24(21)17(3)25/h6-9,13-14H,4-5,10-12H2,1-3H3,(H,23,26). The van der Waals surface area contributed by atoms with Crippen LogP contribution in [0.2, 0.25) is 0 Å². The van der Waals surface area contributed by atoms with Gasteiger partial charge in [-0.25, -0.2) is 8.42 Å². The minimum Gasteiger partial charge on any atom is -0.326 e. The lowest BCUT2D eigenvalue weighted by Crippen LogP contribution is -2.33. The number of sulfone groups is 1. The largest absolute Gasteiger partial charge is 0.326 e. The molecule has 2 amide bonds. The predicted octanol–water partition coefficient (Wildman–Crippen LogP) is 3.41. The molecule has 0 saturated carbocycles. The van der Waals surface area contributed by atoms with Gasteiger partial charge >= 0.3 is 0 Å². The van der Waals surface area contributed by atoms with Crippen LogP contribution in [0.25, 0.3) is 0 Å². The van der Waals surface area contributed by atoms with Gasteiger partial charge < -0.3 is 10.2 Å². The van der Waals surface area contributed by atoms with Crippen molar-refractivity contribution in [2.24, 2.45) is 0 Å². The topological polar surface area (TPSA) is 83.6 Å². The summed E-state index contributed by atoms with van der Waals surface area (Å²) in [6.07, 6.45) is 1.41. The second-order valence-electron chi connectivity index (χ2n) is 7.50. The molecule has 2 aromatic carbocycles. The highest BCUT2D eigenvalue weighted by Crippen LogP contribution is 2.30. The van der Waals surface area contributed by atoms with Gasteiger partial charge in [0, 0.05) is 31.3 Å². The molecular weight excluding hydrogens is 388 g/mol. The Labute approximate surface area is 171 Å². The molecule has 0 aromatic heterocycles. The molecule has 0 aliphatic carbocycles. The Kier molecular flexibility index (Phi) is 6.07. The number of anilines is 2. The number of hydrogen-bond acceptors (Lipinski definition) is 4. The maximum Gasteiger partial charge on any atom is 0.225 e. The second kappa shape index (κ2) is 8.37. The van der Waals surface area contributed by atoms with Crippen LogP contribution in [0.3, 0.4) is 0 Å². The summed E-state index contributed by atoms with van der Waals surface area (Å²) >= 11 is 0. The molecule has 0 spiro atoms. The Morgan fingerprint density at radius 1 is 1.10 bits per heavy atom. The number of nitrogens with one attached hydrogen (secondary N) is 1. The van der Waals surface area contributed by atoms with Crippen LogP contribution in [0.1, 0.15) is 36.5 Å². The Balaban J connectivity index is 1.70. The average molecular weight is 415 g/mol. The predicted molar refractivity (Wildman–Crippen MR) is 114 cm³/mol. The first-order valence-electron chi connectivity index (χ1n) is 9.68. The Hall–Kier alpha value is -2.67. The molecule has 154 valence electrons. The number of hydrogen-bond donors (Lipinski definition) is 1. The number of nitrogens with zero attached hydrogens (tertiary/aromatic N) is 1. The molecule has 6 nitrogen and oxygen atoms in total. The Morgan fingerprint density at radius 3 is 2.59 bits per heavy atom. The number of amides is 2. The molecule has 29 heavy (non-hydrogen) atoms. The number of benzene rings is 2. The molecule has 7 heteroatoms. The van der Waals surface area contributed by atoms with Crippen LogP contribution in [0.4, 0.5) is 11.4 Å². The van der Waals surface area contributed by atoms with E-state index >= 15 is 0 Å². The van der Waals surface area contributed by atoms with Crippen LogP contribution in [0.5, 0.6) is 0 Å². The van der Waals surface area contributed by atoms with Gasteiger partial charge in [-0.05, 0) is 67.6 Å². The van der Waals surface area contributed by atoms with Crippen molar-refractivity contribution < 1.29 is 18.0 Å². The van der Waals surface area contributed by atoms with Gasteiger partial charge in [0.2, 0.25) is 11.8 Å². The molecule has 0 atom stereocenters. The highest BCUT2D eigenvalue weighted by Gasteiger charge is 2.23. The smallest absolute Gasteiger partial charge is 0.225 e. The van der Waals surface area contributed by atoms with Crippen molar-refractivity contribution in [2.45, 2.75) is 44.9 Å². The summed E-state index contributed by atoms with van der Waals surface area (Å²) in [5, 5.41) is 2.80. The van der Waals surface area contributed by atoms with E-state index < -0.39 is 9.84 Å². The summed E-state index contributed by atoms with van der Waals surface area (Å²) in [7, 11) is -3.60. The SMILES string of the molecule is CC(=O)N1CCCc2cc(S(=O)(=O)CCC(=O)Nc3cc(C)ccc3C)ccc21. The molecule has 0 bridgehead atoms. The van der Waals surface area contributed by atoms with E-state index in [4.69, 9.17) is 0 Å².